The van der Waals surface area contributed by atoms with E-state index in [0.29, 0.717) is 0 Å². The summed E-state index contributed by atoms with van der Waals surface area (Å²) in [7, 11) is 0. The van der Waals surface area contributed by atoms with E-state index in [1.807, 2.05) is 0 Å². The molecule has 0 aliphatic carbocycles. The molecule has 1 unspecified atom stereocenters. The van der Waals surface area contributed by atoms with Crippen molar-refractivity contribution in [1.82, 2.24) is 0 Å². The molecular formula is C7H11F3N2O. The quantitative estimate of drug-likeness (QED) is 0.414. The molecule has 0 aromatic heterocycles. The van der Waals surface area contributed by atoms with Crippen LogP contribution in [0, 0.1) is 0 Å². The highest BCUT2D eigenvalue weighted by molar-refractivity contribution is 5.62. The van der Waals surface area contributed by atoms with Gasteiger partial charge in [0.25, 0.3) is 0 Å². The molecule has 0 radical (unpaired) electrons. The van der Waals surface area contributed by atoms with Crippen LogP contribution < -0.4 is 5.73 Å². The summed E-state index contributed by atoms with van der Waals surface area (Å²) in [6.45, 7) is 1.43. The standard InChI is InChI=1S/C7H11F3N2O/c1-5(11)4-12-13-3-2-6(8)7(9)10/h4-5H,2-3,11H2,1H3. The van der Waals surface area contributed by atoms with Gasteiger partial charge in [-0.25, -0.2) is 4.39 Å². The summed E-state index contributed by atoms with van der Waals surface area (Å²) in [6.07, 6.45) is -1.52. The van der Waals surface area contributed by atoms with Gasteiger partial charge in [-0.2, -0.15) is 8.78 Å². The van der Waals surface area contributed by atoms with Gasteiger partial charge >= 0.3 is 6.08 Å². The van der Waals surface area contributed by atoms with Crippen LogP contribution in [0.3, 0.4) is 0 Å². The van der Waals surface area contributed by atoms with Gasteiger partial charge in [0.05, 0.1) is 6.21 Å². The Morgan fingerprint density at radius 3 is 2.62 bits per heavy atom. The van der Waals surface area contributed by atoms with E-state index in [-0.39, 0.29) is 12.6 Å². The van der Waals surface area contributed by atoms with Crippen LogP contribution in [0.1, 0.15) is 13.3 Å². The smallest absolute Gasteiger partial charge is 0.301 e. The summed E-state index contributed by atoms with van der Waals surface area (Å²) in [5.74, 6) is -1.48. The summed E-state index contributed by atoms with van der Waals surface area (Å²) in [4.78, 5) is 4.45. The van der Waals surface area contributed by atoms with Gasteiger partial charge < -0.3 is 10.6 Å². The zero-order chi connectivity index (χ0) is 10.3. The lowest BCUT2D eigenvalue weighted by molar-refractivity contribution is 0.142. The van der Waals surface area contributed by atoms with Gasteiger partial charge in [-0.05, 0) is 6.92 Å². The van der Waals surface area contributed by atoms with Gasteiger partial charge in [-0.1, -0.05) is 5.16 Å². The van der Waals surface area contributed by atoms with Crippen LogP contribution in [0.4, 0.5) is 13.2 Å². The summed E-state index contributed by atoms with van der Waals surface area (Å²) in [5.41, 5.74) is 5.25. The first kappa shape index (κ1) is 12.0. The Kier molecular flexibility index (Phi) is 5.96. The molecular weight excluding hydrogens is 185 g/mol. The number of hydrogen-bond acceptors (Lipinski definition) is 3. The fourth-order valence-electron chi connectivity index (χ4n) is 0.421. The monoisotopic (exact) mass is 196 g/mol. The third-order valence-electron chi connectivity index (χ3n) is 0.988. The zero-order valence-electron chi connectivity index (χ0n) is 7.14. The molecule has 76 valence electrons. The molecule has 0 fully saturated rings. The Balaban J connectivity index is 3.53. The van der Waals surface area contributed by atoms with Crippen molar-refractivity contribution in [2.24, 2.45) is 10.9 Å². The van der Waals surface area contributed by atoms with E-state index in [2.05, 4.69) is 9.99 Å². The Morgan fingerprint density at radius 1 is 1.54 bits per heavy atom. The van der Waals surface area contributed by atoms with Gasteiger partial charge in [0, 0.05) is 12.5 Å². The molecule has 0 amide bonds. The van der Waals surface area contributed by atoms with Crippen molar-refractivity contribution in [2.75, 3.05) is 6.61 Å². The molecule has 0 aliphatic heterocycles. The molecule has 0 rings (SSSR count). The Morgan fingerprint density at radius 2 is 2.15 bits per heavy atom. The Labute approximate surface area is 74.0 Å². The van der Waals surface area contributed by atoms with Crippen molar-refractivity contribution in [2.45, 2.75) is 19.4 Å². The first-order valence-corrected chi connectivity index (χ1v) is 3.64. The summed E-state index contributed by atoms with van der Waals surface area (Å²) in [6, 6.07) is -0.279. The molecule has 0 saturated heterocycles. The number of nitrogens with two attached hydrogens (primary N) is 1. The maximum absolute atomic E-state index is 12.1. The molecule has 0 aliphatic rings. The number of hydrogen-bond donors (Lipinski definition) is 1. The van der Waals surface area contributed by atoms with Gasteiger partial charge in [-0.15, -0.1) is 0 Å². The number of oxime groups is 1. The molecule has 2 N–H and O–H groups in total. The van der Waals surface area contributed by atoms with Crippen molar-refractivity contribution in [3.05, 3.63) is 11.9 Å². The number of halogens is 3. The predicted molar refractivity (Wildman–Crippen MR) is 43.1 cm³/mol. The molecule has 0 spiro atoms. The summed E-state index contributed by atoms with van der Waals surface area (Å²) < 4.78 is 35.0. The van der Waals surface area contributed by atoms with Crippen LogP contribution in [-0.4, -0.2) is 18.9 Å². The third-order valence-corrected chi connectivity index (χ3v) is 0.988. The van der Waals surface area contributed by atoms with E-state index in [9.17, 15) is 13.2 Å². The third kappa shape index (κ3) is 7.32. The zero-order valence-corrected chi connectivity index (χ0v) is 7.14. The van der Waals surface area contributed by atoms with E-state index in [1.54, 1.807) is 6.92 Å². The highest BCUT2D eigenvalue weighted by Gasteiger charge is 2.03. The lowest BCUT2D eigenvalue weighted by Gasteiger charge is -1.97. The minimum absolute atomic E-state index is 0.230. The SMILES string of the molecule is CC(N)C=NOCCC(F)=C(F)F. The van der Waals surface area contributed by atoms with E-state index in [0.717, 1.165) is 0 Å². The minimum Gasteiger partial charge on any atom is -0.396 e. The highest BCUT2D eigenvalue weighted by atomic mass is 19.3. The molecule has 6 heteroatoms. The maximum Gasteiger partial charge on any atom is 0.301 e. The average Bonchev–Trinajstić information content (AvgIpc) is 2.02. The predicted octanol–water partition coefficient (Wildman–Crippen LogP) is 1.80. The van der Waals surface area contributed by atoms with Crippen LogP contribution in [0.15, 0.2) is 17.1 Å². The topological polar surface area (TPSA) is 47.6 Å². The Hall–Kier alpha value is -1.04. The fraction of sp³-hybridized carbons (Fsp3) is 0.571. The fourth-order valence-corrected chi connectivity index (χ4v) is 0.421. The second-order valence-corrected chi connectivity index (χ2v) is 2.36. The second kappa shape index (κ2) is 6.47. The van der Waals surface area contributed by atoms with Crippen LogP contribution >= 0.6 is 0 Å². The first-order chi connectivity index (χ1) is 6.04. The highest BCUT2D eigenvalue weighted by Crippen LogP contribution is 2.12. The first-order valence-electron chi connectivity index (χ1n) is 3.64. The van der Waals surface area contributed by atoms with E-state index < -0.39 is 18.3 Å². The number of rotatable bonds is 5. The van der Waals surface area contributed by atoms with Crippen LogP contribution in [0.5, 0.6) is 0 Å². The van der Waals surface area contributed by atoms with E-state index >= 15 is 0 Å². The van der Waals surface area contributed by atoms with Gasteiger partial charge in [0.2, 0.25) is 0 Å². The maximum atomic E-state index is 12.1. The lowest BCUT2D eigenvalue weighted by atomic mass is 10.4. The molecule has 3 nitrogen and oxygen atoms in total. The van der Waals surface area contributed by atoms with Crippen LogP contribution in [0.2, 0.25) is 0 Å². The van der Waals surface area contributed by atoms with E-state index in [1.165, 1.54) is 6.21 Å². The van der Waals surface area contributed by atoms with Crippen molar-refractivity contribution in [1.29, 1.82) is 0 Å². The van der Waals surface area contributed by atoms with Crippen molar-refractivity contribution < 1.29 is 18.0 Å². The molecule has 0 saturated carbocycles. The molecule has 0 aromatic rings. The molecule has 0 bridgehead atoms. The van der Waals surface area contributed by atoms with Crippen molar-refractivity contribution in [3.8, 4) is 0 Å². The van der Waals surface area contributed by atoms with E-state index in [4.69, 9.17) is 5.73 Å². The molecule has 13 heavy (non-hydrogen) atoms. The van der Waals surface area contributed by atoms with Crippen LogP contribution in [-0.2, 0) is 4.84 Å². The minimum atomic E-state index is -2.32. The van der Waals surface area contributed by atoms with Crippen molar-refractivity contribution in [3.63, 3.8) is 0 Å². The average molecular weight is 196 g/mol. The lowest BCUT2D eigenvalue weighted by Crippen LogP contribution is -2.16. The van der Waals surface area contributed by atoms with Crippen LogP contribution in [0.25, 0.3) is 0 Å². The molecule has 0 aromatic carbocycles. The second-order valence-electron chi connectivity index (χ2n) is 2.36. The normalized spacial score (nSPS) is 13.0. The van der Waals surface area contributed by atoms with Gasteiger partial charge in [-0.3, -0.25) is 0 Å². The van der Waals surface area contributed by atoms with Gasteiger partial charge in [0.1, 0.15) is 6.61 Å². The summed E-state index contributed by atoms with van der Waals surface area (Å²) >= 11 is 0. The van der Waals surface area contributed by atoms with Gasteiger partial charge in [0.15, 0.2) is 5.83 Å². The Bertz CT molecular complexity index is 200. The van der Waals surface area contributed by atoms with Crippen molar-refractivity contribution >= 4 is 6.21 Å². The number of nitrogens with zero attached hydrogens (tertiary/aromatic N) is 1. The molecule has 0 heterocycles. The molecule has 1 atom stereocenters. The largest absolute Gasteiger partial charge is 0.396 e. The summed E-state index contributed by atoms with van der Waals surface area (Å²) in [5, 5.41) is 3.32.